The van der Waals surface area contributed by atoms with Gasteiger partial charge < -0.3 is 14.8 Å². The van der Waals surface area contributed by atoms with E-state index in [2.05, 4.69) is 15.0 Å². The molecule has 2 atom stereocenters. The molecule has 146 valence electrons. The van der Waals surface area contributed by atoms with Crippen molar-refractivity contribution in [3.63, 3.8) is 0 Å². The van der Waals surface area contributed by atoms with Crippen LogP contribution in [0.1, 0.15) is 29.6 Å². The molecule has 0 aromatic heterocycles. The average Bonchev–Trinajstić information content (AvgIpc) is 2.57. The van der Waals surface area contributed by atoms with E-state index in [9.17, 15) is 13.6 Å². The summed E-state index contributed by atoms with van der Waals surface area (Å²) in [5, 5.41) is 2.40. The summed E-state index contributed by atoms with van der Waals surface area (Å²) in [4.78, 5) is 16.4. The van der Waals surface area contributed by atoms with Gasteiger partial charge in [0.2, 0.25) is 0 Å². The largest absolute Gasteiger partial charge is 0.489 e. The minimum Gasteiger partial charge on any atom is -0.489 e. The van der Waals surface area contributed by atoms with Crippen LogP contribution in [0.15, 0.2) is 34.4 Å². The highest BCUT2D eigenvalue weighted by atomic mass is 35.5. The van der Waals surface area contributed by atoms with Crippen LogP contribution in [0, 0.1) is 5.92 Å². The fourth-order valence-electron chi connectivity index (χ4n) is 2.71. The number of rotatable bonds is 7. The predicted octanol–water partition coefficient (Wildman–Crippen LogP) is 4.34. The van der Waals surface area contributed by atoms with E-state index in [1.165, 1.54) is 30.6 Å². The van der Waals surface area contributed by atoms with E-state index in [1.807, 2.05) is 0 Å². The third kappa shape index (κ3) is 5.11. The molecule has 1 N–H and O–H groups in total. The number of nitrogens with zero attached hydrogens (tertiary/aromatic N) is 1. The lowest BCUT2D eigenvalue weighted by Crippen LogP contribution is -2.43. The van der Waals surface area contributed by atoms with E-state index in [0.29, 0.717) is 17.6 Å². The van der Waals surface area contributed by atoms with Crippen LogP contribution in [0.4, 0.5) is 8.78 Å². The number of nitrogens with one attached hydrogen (secondary N) is 1. The Labute approximate surface area is 165 Å². The molecule has 9 heteroatoms. The molecule has 1 aliphatic heterocycles. The number of halogens is 4. The molecule has 3 rings (SSSR count). The molecule has 1 aromatic rings. The summed E-state index contributed by atoms with van der Waals surface area (Å²) in [7, 11) is 0. The van der Waals surface area contributed by atoms with Gasteiger partial charge in [0.05, 0.1) is 23.1 Å². The summed E-state index contributed by atoms with van der Waals surface area (Å²) in [5.74, 6) is -0.0862. The summed E-state index contributed by atoms with van der Waals surface area (Å²) in [6, 6.07) is 3.41. The SMILES string of the molecule is O=C(NC1C(Cl)=CN=CC1Cl)c1ccc(OC(F)F)c(OCC2CCC2)c1. The van der Waals surface area contributed by atoms with Gasteiger partial charge >= 0.3 is 6.61 Å². The van der Waals surface area contributed by atoms with Gasteiger partial charge in [0, 0.05) is 18.0 Å². The quantitative estimate of drug-likeness (QED) is 0.670. The molecule has 1 aliphatic carbocycles. The first kappa shape index (κ1) is 19.9. The molecule has 27 heavy (non-hydrogen) atoms. The molecule has 1 saturated carbocycles. The summed E-state index contributed by atoms with van der Waals surface area (Å²) in [6.07, 6.45) is 6.07. The van der Waals surface area contributed by atoms with E-state index < -0.39 is 23.9 Å². The van der Waals surface area contributed by atoms with Crippen molar-refractivity contribution in [2.24, 2.45) is 10.9 Å². The highest BCUT2D eigenvalue weighted by molar-refractivity contribution is 6.35. The van der Waals surface area contributed by atoms with Crippen LogP contribution in [0.2, 0.25) is 0 Å². The second-order valence-corrected chi connectivity index (χ2v) is 7.30. The molecule has 1 fully saturated rings. The minimum absolute atomic E-state index is 0.101. The van der Waals surface area contributed by atoms with Gasteiger partial charge in [-0.1, -0.05) is 18.0 Å². The number of carbonyl (C=O) groups is 1. The zero-order valence-corrected chi connectivity index (χ0v) is 15.7. The molecule has 2 aliphatic rings. The molecule has 0 spiro atoms. The maximum Gasteiger partial charge on any atom is 0.387 e. The lowest BCUT2D eigenvalue weighted by molar-refractivity contribution is -0.0517. The molecule has 2 unspecified atom stereocenters. The zero-order valence-electron chi connectivity index (χ0n) is 14.2. The zero-order chi connectivity index (χ0) is 19.4. The molecule has 1 heterocycles. The van der Waals surface area contributed by atoms with Crippen molar-refractivity contribution in [3.05, 3.63) is 35.0 Å². The number of alkyl halides is 3. The summed E-state index contributed by atoms with van der Waals surface area (Å²) >= 11 is 12.2. The smallest absolute Gasteiger partial charge is 0.387 e. The highest BCUT2D eigenvalue weighted by Crippen LogP contribution is 2.33. The summed E-state index contributed by atoms with van der Waals surface area (Å²) in [5.41, 5.74) is 0.219. The average molecular weight is 419 g/mol. The first-order chi connectivity index (χ1) is 12.9. The van der Waals surface area contributed by atoms with Crippen LogP contribution in [-0.4, -0.2) is 36.8 Å². The third-order valence-corrected chi connectivity index (χ3v) is 5.15. The van der Waals surface area contributed by atoms with Crippen molar-refractivity contribution in [1.82, 2.24) is 5.32 Å². The van der Waals surface area contributed by atoms with Gasteiger partial charge in [-0.05, 0) is 37.0 Å². The maximum absolute atomic E-state index is 12.6. The van der Waals surface area contributed by atoms with E-state index in [-0.39, 0.29) is 17.1 Å². The van der Waals surface area contributed by atoms with Crippen molar-refractivity contribution in [2.45, 2.75) is 37.3 Å². The molecule has 0 saturated heterocycles. The van der Waals surface area contributed by atoms with Crippen molar-refractivity contribution in [1.29, 1.82) is 0 Å². The van der Waals surface area contributed by atoms with E-state index in [4.69, 9.17) is 27.9 Å². The standard InChI is InChI=1S/C18H18Cl2F2N2O3/c19-12-7-23-8-13(20)16(12)24-17(25)11-4-5-14(27-18(21)22)15(6-11)26-9-10-2-1-3-10/h4-8,10,12,16,18H,1-3,9H2,(H,24,25). The van der Waals surface area contributed by atoms with Crippen LogP contribution < -0.4 is 14.8 Å². The number of carbonyl (C=O) groups excluding carboxylic acids is 1. The van der Waals surface area contributed by atoms with E-state index in [0.717, 1.165) is 19.3 Å². The Bertz CT molecular complexity index is 754. The van der Waals surface area contributed by atoms with Gasteiger partial charge in [0.1, 0.15) is 0 Å². The van der Waals surface area contributed by atoms with E-state index >= 15 is 0 Å². The number of amides is 1. The lowest BCUT2D eigenvalue weighted by atomic mass is 9.86. The molecule has 1 amide bonds. The molecular formula is C18H18Cl2F2N2O3. The Morgan fingerprint density at radius 2 is 2.11 bits per heavy atom. The van der Waals surface area contributed by atoms with Gasteiger partial charge in [-0.25, -0.2) is 0 Å². The van der Waals surface area contributed by atoms with Gasteiger partial charge in [0.15, 0.2) is 11.5 Å². The minimum atomic E-state index is -2.99. The Balaban J connectivity index is 1.74. The van der Waals surface area contributed by atoms with Crippen LogP contribution in [0.25, 0.3) is 0 Å². The van der Waals surface area contributed by atoms with Crippen molar-refractivity contribution < 1.29 is 23.0 Å². The van der Waals surface area contributed by atoms with Gasteiger partial charge in [-0.2, -0.15) is 8.78 Å². The van der Waals surface area contributed by atoms with Gasteiger partial charge in [-0.3, -0.25) is 9.79 Å². The first-order valence-corrected chi connectivity index (χ1v) is 9.31. The third-order valence-electron chi connectivity index (χ3n) is 4.45. The molecule has 1 aromatic carbocycles. The van der Waals surface area contributed by atoms with Gasteiger partial charge in [-0.15, -0.1) is 11.6 Å². The highest BCUT2D eigenvalue weighted by Gasteiger charge is 2.26. The fourth-order valence-corrected chi connectivity index (χ4v) is 3.29. The molecule has 5 nitrogen and oxygen atoms in total. The normalized spacial score (nSPS) is 22.2. The number of benzene rings is 1. The van der Waals surface area contributed by atoms with Crippen LogP contribution in [-0.2, 0) is 0 Å². The summed E-state index contributed by atoms with van der Waals surface area (Å²) < 4.78 is 35.4. The van der Waals surface area contributed by atoms with E-state index in [1.54, 1.807) is 0 Å². The number of ether oxygens (including phenoxy) is 2. The van der Waals surface area contributed by atoms with Gasteiger partial charge in [0.25, 0.3) is 5.91 Å². The number of hydrogen-bond donors (Lipinski definition) is 1. The first-order valence-electron chi connectivity index (χ1n) is 8.49. The Hall–Kier alpha value is -1.86. The van der Waals surface area contributed by atoms with Crippen molar-refractivity contribution in [2.75, 3.05) is 6.61 Å². The maximum atomic E-state index is 12.6. The number of hydrogen-bond acceptors (Lipinski definition) is 4. The topological polar surface area (TPSA) is 59.9 Å². The molecule has 0 bridgehead atoms. The Morgan fingerprint density at radius 3 is 2.74 bits per heavy atom. The van der Waals surface area contributed by atoms with Crippen LogP contribution in [0.5, 0.6) is 11.5 Å². The second-order valence-electron chi connectivity index (χ2n) is 6.36. The predicted molar refractivity (Wildman–Crippen MR) is 99.2 cm³/mol. The second kappa shape index (κ2) is 8.89. The Kier molecular flexibility index (Phi) is 6.55. The van der Waals surface area contributed by atoms with Crippen LogP contribution in [0.3, 0.4) is 0 Å². The molecule has 0 radical (unpaired) electrons. The van der Waals surface area contributed by atoms with Crippen LogP contribution >= 0.6 is 23.2 Å². The summed E-state index contributed by atoms with van der Waals surface area (Å²) in [6.45, 7) is -2.60. The lowest BCUT2D eigenvalue weighted by Gasteiger charge is -2.26. The van der Waals surface area contributed by atoms with Crippen molar-refractivity contribution in [3.8, 4) is 11.5 Å². The monoisotopic (exact) mass is 418 g/mol. The number of aliphatic imine (C=N–C) groups is 1. The molecular weight excluding hydrogens is 401 g/mol. The fraction of sp³-hybridized carbons (Fsp3) is 0.444. The van der Waals surface area contributed by atoms with Crippen molar-refractivity contribution >= 4 is 35.3 Å². The Morgan fingerprint density at radius 1 is 1.33 bits per heavy atom.